The molecule has 0 radical (unpaired) electrons. The zero-order valence-corrected chi connectivity index (χ0v) is 16.0. The summed E-state index contributed by atoms with van der Waals surface area (Å²) < 4.78 is 1.75. The molecule has 0 fully saturated rings. The van der Waals surface area contributed by atoms with Gasteiger partial charge in [0.15, 0.2) is 0 Å². The topological polar surface area (TPSA) is 55.2 Å². The zero-order chi connectivity index (χ0) is 19.1. The van der Waals surface area contributed by atoms with Crippen LogP contribution >= 0.6 is 0 Å². The van der Waals surface area contributed by atoms with Crippen LogP contribution in [0.3, 0.4) is 0 Å². The standard InChI is InChI=1S/C22H23N3O2/c1-14-6-7-17(15(2)11-14)13-24(3)21(26)16-8-9-18-19(12-16)23-20-5-4-10-25(20)22(18)27/h6-9,11-12H,4-5,10,13H2,1-3H3. The first kappa shape index (κ1) is 17.5. The second-order valence-corrected chi connectivity index (χ2v) is 7.41. The summed E-state index contributed by atoms with van der Waals surface area (Å²) in [6, 6.07) is 11.5. The Balaban J connectivity index is 1.64. The van der Waals surface area contributed by atoms with Crippen LogP contribution in [0.25, 0.3) is 10.9 Å². The molecule has 3 aromatic rings. The van der Waals surface area contributed by atoms with Gasteiger partial charge < -0.3 is 4.90 Å². The Morgan fingerprint density at radius 3 is 2.78 bits per heavy atom. The van der Waals surface area contributed by atoms with Crippen molar-refractivity contribution in [3.05, 3.63) is 74.8 Å². The van der Waals surface area contributed by atoms with E-state index in [0.717, 1.165) is 30.8 Å². The summed E-state index contributed by atoms with van der Waals surface area (Å²) in [5.74, 6) is 0.750. The number of benzene rings is 2. The molecule has 5 heteroatoms. The minimum absolute atomic E-state index is 0.00451. The summed E-state index contributed by atoms with van der Waals surface area (Å²) in [7, 11) is 1.80. The number of hydrogen-bond donors (Lipinski definition) is 0. The highest BCUT2D eigenvalue weighted by atomic mass is 16.2. The molecule has 0 atom stereocenters. The molecule has 0 N–H and O–H groups in total. The van der Waals surface area contributed by atoms with Crippen molar-refractivity contribution in [1.29, 1.82) is 0 Å². The van der Waals surface area contributed by atoms with Gasteiger partial charge in [0.05, 0.1) is 10.9 Å². The molecule has 138 valence electrons. The minimum atomic E-state index is -0.0701. The Morgan fingerprint density at radius 1 is 1.19 bits per heavy atom. The van der Waals surface area contributed by atoms with Crippen LogP contribution in [0.1, 0.15) is 39.3 Å². The van der Waals surface area contributed by atoms with Gasteiger partial charge in [0.25, 0.3) is 11.5 Å². The molecule has 27 heavy (non-hydrogen) atoms. The van der Waals surface area contributed by atoms with Crippen molar-refractivity contribution in [1.82, 2.24) is 14.5 Å². The van der Waals surface area contributed by atoms with Crippen LogP contribution in [0.4, 0.5) is 0 Å². The van der Waals surface area contributed by atoms with Crippen LogP contribution in [-0.2, 0) is 19.5 Å². The second kappa shape index (κ2) is 6.65. The largest absolute Gasteiger partial charge is 0.337 e. The second-order valence-electron chi connectivity index (χ2n) is 7.41. The van der Waals surface area contributed by atoms with E-state index in [9.17, 15) is 9.59 Å². The predicted octanol–water partition coefficient (Wildman–Crippen LogP) is 3.23. The molecule has 1 amide bonds. The van der Waals surface area contributed by atoms with Crippen LogP contribution in [0.5, 0.6) is 0 Å². The molecule has 1 aromatic heterocycles. The summed E-state index contributed by atoms with van der Waals surface area (Å²) in [5, 5.41) is 0.578. The normalized spacial score (nSPS) is 13.0. The van der Waals surface area contributed by atoms with E-state index in [0.29, 0.717) is 23.0 Å². The average Bonchev–Trinajstić information content (AvgIpc) is 3.12. The lowest BCUT2D eigenvalue weighted by Gasteiger charge is -2.19. The van der Waals surface area contributed by atoms with Crippen molar-refractivity contribution in [2.75, 3.05) is 7.05 Å². The highest BCUT2D eigenvalue weighted by Crippen LogP contribution is 2.18. The summed E-state index contributed by atoms with van der Waals surface area (Å²) in [5.41, 5.74) is 4.69. The summed E-state index contributed by atoms with van der Waals surface area (Å²) in [4.78, 5) is 31.8. The molecule has 0 unspecified atom stereocenters. The fourth-order valence-corrected chi connectivity index (χ4v) is 3.79. The van der Waals surface area contributed by atoms with E-state index in [4.69, 9.17) is 0 Å². The predicted molar refractivity (Wildman–Crippen MR) is 106 cm³/mol. The lowest BCUT2D eigenvalue weighted by molar-refractivity contribution is 0.0785. The van der Waals surface area contributed by atoms with Crippen molar-refractivity contribution in [2.45, 2.75) is 39.8 Å². The van der Waals surface area contributed by atoms with E-state index in [1.54, 1.807) is 34.7 Å². The first-order valence-corrected chi connectivity index (χ1v) is 9.29. The number of rotatable bonds is 3. The smallest absolute Gasteiger partial charge is 0.261 e. The SMILES string of the molecule is Cc1ccc(CN(C)C(=O)c2ccc3c(=O)n4c(nc3c2)CCC4)c(C)c1. The number of carbonyl (C=O) groups is 1. The number of carbonyl (C=O) groups excluding carboxylic acids is 1. The number of hydrogen-bond acceptors (Lipinski definition) is 3. The number of nitrogens with zero attached hydrogens (tertiary/aromatic N) is 3. The fraction of sp³-hybridized carbons (Fsp3) is 0.318. The molecule has 0 aliphatic carbocycles. The Labute approximate surface area is 158 Å². The van der Waals surface area contributed by atoms with E-state index in [1.807, 2.05) is 0 Å². The summed E-state index contributed by atoms with van der Waals surface area (Å²) >= 11 is 0. The van der Waals surface area contributed by atoms with Gasteiger partial charge in [-0.25, -0.2) is 4.98 Å². The number of amides is 1. The molecule has 0 saturated carbocycles. The Bertz CT molecular complexity index is 1110. The molecule has 5 nitrogen and oxygen atoms in total. The monoisotopic (exact) mass is 361 g/mol. The number of fused-ring (bicyclic) bond motifs is 2. The third-order valence-electron chi connectivity index (χ3n) is 5.32. The van der Waals surface area contributed by atoms with E-state index in [1.165, 1.54) is 11.1 Å². The molecule has 2 aromatic carbocycles. The third kappa shape index (κ3) is 3.14. The first-order valence-electron chi connectivity index (χ1n) is 9.29. The fourth-order valence-electron chi connectivity index (χ4n) is 3.79. The van der Waals surface area contributed by atoms with Gasteiger partial charge in [0.1, 0.15) is 5.82 Å². The van der Waals surface area contributed by atoms with Gasteiger partial charge in [0.2, 0.25) is 0 Å². The number of aromatic nitrogens is 2. The third-order valence-corrected chi connectivity index (χ3v) is 5.32. The Morgan fingerprint density at radius 2 is 2.00 bits per heavy atom. The van der Waals surface area contributed by atoms with Gasteiger partial charge in [-0.3, -0.25) is 14.2 Å². The van der Waals surface area contributed by atoms with Gasteiger partial charge >= 0.3 is 0 Å². The molecular formula is C22H23N3O2. The van der Waals surface area contributed by atoms with Gasteiger partial charge in [-0.05, 0) is 49.6 Å². The van der Waals surface area contributed by atoms with E-state index in [2.05, 4.69) is 37.0 Å². The van der Waals surface area contributed by atoms with Crippen molar-refractivity contribution >= 4 is 16.8 Å². The van der Waals surface area contributed by atoms with Gasteiger partial charge in [-0.2, -0.15) is 0 Å². The van der Waals surface area contributed by atoms with E-state index < -0.39 is 0 Å². The molecule has 4 rings (SSSR count). The molecule has 2 heterocycles. The van der Waals surface area contributed by atoms with Crippen LogP contribution in [-0.4, -0.2) is 27.4 Å². The maximum absolute atomic E-state index is 12.9. The van der Waals surface area contributed by atoms with Gasteiger partial charge in [-0.1, -0.05) is 23.8 Å². The molecule has 1 aliphatic rings. The molecule has 0 saturated heterocycles. The van der Waals surface area contributed by atoms with Gasteiger partial charge in [0, 0.05) is 32.1 Å². The van der Waals surface area contributed by atoms with Crippen molar-refractivity contribution in [3.8, 4) is 0 Å². The molecule has 0 spiro atoms. The van der Waals surface area contributed by atoms with Crippen LogP contribution in [0.2, 0.25) is 0 Å². The van der Waals surface area contributed by atoms with E-state index >= 15 is 0 Å². The van der Waals surface area contributed by atoms with Crippen molar-refractivity contribution in [3.63, 3.8) is 0 Å². The first-order chi connectivity index (χ1) is 12.9. The lowest BCUT2D eigenvalue weighted by atomic mass is 10.0. The lowest BCUT2D eigenvalue weighted by Crippen LogP contribution is -2.27. The minimum Gasteiger partial charge on any atom is -0.337 e. The van der Waals surface area contributed by atoms with Crippen LogP contribution in [0, 0.1) is 13.8 Å². The molecular weight excluding hydrogens is 338 g/mol. The maximum Gasteiger partial charge on any atom is 0.261 e. The van der Waals surface area contributed by atoms with Crippen LogP contribution < -0.4 is 5.56 Å². The highest BCUT2D eigenvalue weighted by molar-refractivity contribution is 5.97. The molecule has 0 bridgehead atoms. The highest BCUT2D eigenvalue weighted by Gasteiger charge is 2.18. The summed E-state index contributed by atoms with van der Waals surface area (Å²) in [6.45, 7) is 5.40. The average molecular weight is 361 g/mol. The molecule has 1 aliphatic heterocycles. The Kier molecular flexibility index (Phi) is 4.30. The quantitative estimate of drug-likeness (QED) is 0.720. The van der Waals surface area contributed by atoms with Crippen LogP contribution in [0.15, 0.2) is 41.2 Å². The van der Waals surface area contributed by atoms with Crippen molar-refractivity contribution in [2.24, 2.45) is 0 Å². The zero-order valence-electron chi connectivity index (χ0n) is 16.0. The number of aryl methyl sites for hydroxylation is 3. The Hall–Kier alpha value is -2.95. The van der Waals surface area contributed by atoms with Crippen molar-refractivity contribution < 1.29 is 4.79 Å². The summed E-state index contributed by atoms with van der Waals surface area (Å²) in [6.07, 6.45) is 1.76. The maximum atomic E-state index is 12.9. The van der Waals surface area contributed by atoms with E-state index in [-0.39, 0.29) is 11.5 Å². The van der Waals surface area contributed by atoms with Gasteiger partial charge in [-0.15, -0.1) is 0 Å².